The second kappa shape index (κ2) is 7.70. The minimum Gasteiger partial charge on any atom is -0.361 e. The number of carbonyl (C=O) groups is 1. The van der Waals surface area contributed by atoms with E-state index in [1.807, 2.05) is 41.2 Å². The number of carbonyl (C=O) groups excluding carboxylic acids is 1. The number of aromatic nitrogens is 3. The molecule has 0 aliphatic rings. The van der Waals surface area contributed by atoms with E-state index in [9.17, 15) is 4.79 Å². The fourth-order valence-electron chi connectivity index (χ4n) is 2.35. The van der Waals surface area contributed by atoms with Gasteiger partial charge in [0.25, 0.3) is 0 Å². The summed E-state index contributed by atoms with van der Waals surface area (Å²) in [6, 6.07) is 9.68. The highest BCUT2D eigenvalue weighted by Gasteiger charge is 2.25. The van der Waals surface area contributed by atoms with E-state index in [2.05, 4.69) is 10.1 Å². The summed E-state index contributed by atoms with van der Waals surface area (Å²) < 4.78 is 7.67. The minimum atomic E-state index is -0.836. The van der Waals surface area contributed by atoms with Gasteiger partial charge in [-0.3, -0.25) is 14.5 Å². The third-order valence-electron chi connectivity index (χ3n) is 4.22. The Bertz CT molecular complexity index is 903. The Labute approximate surface area is 161 Å². The van der Waals surface area contributed by atoms with Gasteiger partial charge in [-0.1, -0.05) is 29.8 Å². The maximum absolute atomic E-state index is 11.7. The van der Waals surface area contributed by atoms with E-state index < -0.39 is 5.60 Å². The Morgan fingerprint density at radius 2 is 2.12 bits per heavy atom. The first kappa shape index (κ1) is 18.8. The maximum Gasteiger partial charge on any atom is 0.161 e. The summed E-state index contributed by atoms with van der Waals surface area (Å²) in [6.07, 6.45) is 1.81. The SMILES string of the molecule is CC(=O)C(C)(C)OCc1cc(-c2cncs2)n(Cc2ccccc2Cl)n1. The van der Waals surface area contributed by atoms with E-state index in [-0.39, 0.29) is 12.4 Å². The van der Waals surface area contributed by atoms with Crippen molar-refractivity contribution in [2.75, 3.05) is 0 Å². The van der Waals surface area contributed by atoms with E-state index in [4.69, 9.17) is 16.3 Å². The quantitative estimate of drug-likeness (QED) is 0.592. The highest BCUT2D eigenvalue weighted by Crippen LogP contribution is 2.27. The number of Topliss-reactive ketones (excluding diaryl/α,β-unsaturated/α-hetero) is 1. The average molecular weight is 390 g/mol. The number of halogens is 1. The second-order valence-corrected chi connectivity index (χ2v) is 7.78. The molecule has 1 aromatic carbocycles. The van der Waals surface area contributed by atoms with Gasteiger partial charge < -0.3 is 4.74 Å². The number of ketones is 1. The molecule has 0 amide bonds. The molecule has 136 valence electrons. The van der Waals surface area contributed by atoms with Gasteiger partial charge in [0.05, 0.1) is 34.9 Å². The second-order valence-electron chi connectivity index (χ2n) is 6.49. The molecular weight excluding hydrogens is 370 g/mol. The molecule has 2 aromatic heterocycles. The third-order valence-corrected chi connectivity index (χ3v) is 5.39. The predicted molar refractivity (Wildman–Crippen MR) is 103 cm³/mol. The number of rotatable bonds is 7. The van der Waals surface area contributed by atoms with Crippen molar-refractivity contribution in [2.45, 2.75) is 39.5 Å². The highest BCUT2D eigenvalue weighted by molar-refractivity contribution is 7.13. The van der Waals surface area contributed by atoms with Crippen LogP contribution in [0.25, 0.3) is 10.6 Å². The topological polar surface area (TPSA) is 57.0 Å². The van der Waals surface area contributed by atoms with Crippen molar-refractivity contribution in [1.82, 2.24) is 14.8 Å². The molecule has 0 N–H and O–H groups in total. The largest absolute Gasteiger partial charge is 0.361 e. The molecule has 0 atom stereocenters. The first-order chi connectivity index (χ1) is 12.4. The molecule has 2 heterocycles. The van der Waals surface area contributed by atoms with Crippen molar-refractivity contribution in [1.29, 1.82) is 0 Å². The molecule has 0 unspecified atom stereocenters. The molecule has 26 heavy (non-hydrogen) atoms. The van der Waals surface area contributed by atoms with Crippen LogP contribution in [0, 0.1) is 0 Å². The van der Waals surface area contributed by atoms with Crippen LogP contribution in [0.2, 0.25) is 5.02 Å². The number of hydrogen-bond acceptors (Lipinski definition) is 5. The molecule has 0 aliphatic carbocycles. The molecule has 0 radical (unpaired) electrons. The fraction of sp³-hybridized carbons (Fsp3) is 0.316. The van der Waals surface area contributed by atoms with Gasteiger partial charge in [-0.2, -0.15) is 5.10 Å². The van der Waals surface area contributed by atoms with Gasteiger partial charge in [-0.25, -0.2) is 0 Å². The summed E-state index contributed by atoms with van der Waals surface area (Å²) in [6.45, 7) is 5.86. The molecule has 3 aromatic rings. The predicted octanol–water partition coefficient (Wildman–Crippen LogP) is 4.59. The van der Waals surface area contributed by atoms with Crippen molar-refractivity contribution < 1.29 is 9.53 Å². The molecule has 0 aliphatic heterocycles. The number of ether oxygens (including phenoxy) is 1. The Morgan fingerprint density at radius 3 is 2.77 bits per heavy atom. The van der Waals surface area contributed by atoms with Crippen molar-refractivity contribution in [2.24, 2.45) is 0 Å². The van der Waals surface area contributed by atoms with Crippen LogP contribution < -0.4 is 0 Å². The summed E-state index contributed by atoms with van der Waals surface area (Å²) in [5, 5.41) is 5.37. The molecule has 0 spiro atoms. The normalized spacial score (nSPS) is 11.7. The molecular formula is C19H20ClN3O2S. The standard InChI is InChI=1S/C19H20ClN3O2S/c1-13(24)19(2,3)25-11-15-8-17(18-9-21-12-26-18)23(22-15)10-14-6-4-5-7-16(14)20/h4-9,12H,10-11H2,1-3H3. The van der Waals surface area contributed by atoms with Gasteiger partial charge in [0, 0.05) is 11.2 Å². The molecule has 0 bridgehead atoms. The molecule has 0 fully saturated rings. The van der Waals surface area contributed by atoms with Gasteiger partial charge in [0.1, 0.15) is 5.60 Å². The fourth-order valence-corrected chi connectivity index (χ4v) is 3.18. The average Bonchev–Trinajstić information content (AvgIpc) is 3.24. The number of hydrogen-bond donors (Lipinski definition) is 0. The zero-order valence-electron chi connectivity index (χ0n) is 14.9. The van der Waals surface area contributed by atoms with E-state index in [1.165, 1.54) is 6.92 Å². The first-order valence-corrected chi connectivity index (χ1v) is 9.46. The lowest BCUT2D eigenvalue weighted by molar-refractivity contribution is -0.139. The van der Waals surface area contributed by atoms with Crippen molar-refractivity contribution in [3.05, 3.63) is 58.3 Å². The molecule has 0 saturated heterocycles. The van der Waals surface area contributed by atoms with E-state index >= 15 is 0 Å². The van der Waals surface area contributed by atoms with E-state index in [1.54, 1.807) is 30.7 Å². The lowest BCUT2D eigenvalue weighted by Crippen LogP contribution is -2.32. The van der Waals surface area contributed by atoms with Gasteiger partial charge in [-0.05, 0) is 38.5 Å². The van der Waals surface area contributed by atoms with Crippen LogP contribution in [-0.2, 0) is 22.7 Å². The number of thiazole rings is 1. The van der Waals surface area contributed by atoms with Crippen LogP contribution in [0.4, 0.5) is 0 Å². The van der Waals surface area contributed by atoms with E-state index in [0.717, 1.165) is 21.8 Å². The molecule has 3 rings (SSSR count). The zero-order chi connectivity index (χ0) is 18.7. The Hall–Kier alpha value is -2.02. The zero-order valence-corrected chi connectivity index (χ0v) is 16.5. The molecule has 7 heteroatoms. The van der Waals surface area contributed by atoms with Crippen LogP contribution in [0.1, 0.15) is 32.0 Å². The molecule has 5 nitrogen and oxygen atoms in total. The van der Waals surface area contributed by atoms with Crippen LogP contribution in [0.3, 0.4) is 0 Å². The lowest BCUT2D eigenvalue weighted by atomic mass is 10.1. The first-order valence-electron chi connectivity index (χ1n) is 8.21. The summed E-state index contributed by atoms with van der Waals surface area (Å²) >= 11 is 7.85. The minimum absolute atomic E-state index is 0.0179. The van der Waals surface area contributed by atoms with Gasteiger partial charge in [0.15, 0.2) is 5.78 Å². The third kappa shape index (κ3) is 4.20. The smallest absolute Gasteiger partial charge is 0.161 e. The number of nitrogens with zero attached hydrogens (tertiary/aromatic N) is 3. The Morgan fingerprint density at radius 1 is 1.35 bits per heavy atom. The van der Waals surface area contributed by atoms with Crippen LogP contribution in [0.5, 0.6) is 0 Å². The summed E-state index contributed by atoms with van der Waals surface area (Å²) in [4.78, 5) is 16.8. The van der Waals surface area contributed by atoms with Crippen LogP contribution in [0.15, 0.2) is 42.0 Å². The van der Waals surface area contributed by atoms with Gasteiger partial charge >= 0.3 is 0 Å². The van der Waals surface area contributed by atoms with Crippen molar-refractivity contribution in [3.63, 3.8) is 0 Å². The summed E-state index contributed by atoms with van der Waals surface area (Å²) in [7, 11) is 0. The van der Waals surface area contributed by atoms with Gasteiger partial charge in [0.2, 0.25) is 0 Å². The van der Waals surface area contributed by atoms with Crippen LogP contribution >= 0.6 is 22.9 Å². The summed E-state index contributed by atoms with van der Waals surface area (Å²) in [5.74, 6) is -0.0179. The maximum atomic E-state index is 11.7. The molecule has 0 saturated carbocycles. The van der Waals surface area contributed by atoms with Gasteiger partial charge in [-0.15, -0.1) is 11.3 Å². The Kier molecular flexibility index (Phi) is 5.55. The highest BCUT2D eigenvalue weighted by atomic mass is 35.5. The van der Waals surface area contributed by atoms with Crippen molar-refractivity contribution in [3.8, 4) is 10.6 Å². The Balaban J connectivity index is 1.89. The summed E-state index contributed by atoms with van der Waals surface area (Å²) in [5.41, 5.74) is 3.65. The number of benzene rings is 1. The van der Waals surface area contributed by atoms with E-state index in [0.29, 0.717) is 11.6 Å². The monoisotopic (exact) mass is 389 g/mol. The van der Waals surface area contributed by atoms with Crippen molar-refractivity contribution >= 4 is 28.7 Å². The lowest BCUT2D eigenvalue weighted by Gasteiger charge is -2.21. The van der Waals surface area contributed by atoms with Crippen LogP contribution in [-0.4, -0.2) is 26.1 Å².